The average molecular weight is 649 g/mol. The molecule has 0 aliphatic heterocycles. The van der Waals surface area contributed by atoms with Crippen molar-refractivity contribution >= 4 is 71.1 Å². The molecule has 51 heavy (non-hydrogen) atoms. The molecular weight excluding hydrogens is 625 g/mol. The molecule has 10 rings (SSSR count). The Morgan fingerprint density at radius 3 is 1.49 bits per heavy atom. The zero-order valence-corrected chi connectivity index (χ0v) is 27.0. The molecule has 3 aromatic heterocycles. The number of para-hydroxylation sites is 2. The van der Waals surface area contributed by atoms with Crippen molar-refractivity contribution in [2.45, 2.75) is 0 Å². The van der Waals surface area contributed by atoms with E-state index in [1.165, 1.54) is 0 Å². The lowest BCUT2D eigenvalue weighted by Gasteiger charge is -2.13. The summed E-state index contributed by atoms with van der Waals surface area (Å²) in [5.74, 6) is 0. The SMILES string of the molecule is [C-]#[N+]c1ccc2c(c1)c1cc3c(cc1n2-c1ccccc1)c1ccccc1n3-c1cccc(-n2c3ccc(C#N)cc3c3cc(C#N)ccc32)c1. The lowest BCUT2D eigenvalue weighted by molar-refractivity contribution is 1.13. The average Bonchev–Trinajstić information content (AvgIpc) is 3.81. The second kappa shape index (κ2) is 10.7. The van der Waals surface area contributed by atoms with Crippen molar-refractivity contribution in [1.82, 2.24) is 13.7 Å². The number of nitriles is 2. The maximum absolute atomic E-state index is 9.69. The van der Waals surface area contributed by atoms with Gasteiger partial charge in [-0.1, -0.05) is 48.5 Å². The first-order valence-corrected chi connectivity index (χ1v) is 16.6. The maximum atomic E-state index is 9.69. The summed E-state index contributed by atoms with van der Waals surface area (Å²) in [6.07, 6.45) is 0. The molecule has 0 unspecified atom stereocenters. The zero-order chi connectivity index (χ0) is 34.2. The number of hydrogen-bond acceptors (Lipinski definition) is 2. The summed E-state index contributed by atoms with van der Waals surface area (Å²) in [6, 6.07) is 54.0. The molecule has 3 heterocycles. The Hall–Kier alpha value is -7.59. The number of nitrogens with zero attached hydrogens (tertiary/aromatic N) is 6. The Balaban J connectivity index is 1.28. The third-order valence-electron chi connectivity index (χ3n) is 10.1. The van der Waals surface area contributed by atoms with E-state index in [2.05, 4.69) is 122 Å². The Kier molecular flexibility index (Phi) is 5.97. The highest BCUT2D eigenvalue weighted by Crippen LogP contribution is 2.41. The summed E-state index contributed by atoms with van der Waals surface area (Å²) in [5, 5.41) is 25.6. The molecule has 0 saturated carbocycles. The van der Waals surface area contributed by atoms with Gasteiger partial charge in [0.1, 0.15) is 0 Å². The van der Waals surface area contributed by atoms with E-state index in [0.29, 0.717) is 16.8 Å². The summed E-state index contributed by atoms with van der Waals surface area (Å²) in [4.78, 5) is 3.77. The normalized spacial score (nSPS) is 11.5. The van der Waals surface area contributed by atoms with Gasteiger partial charge in [-0.3, -0.25) is 0 Å². The highest BCUT2D eigenvalue weighted by molar-refractivity contribution is 6.19. The third-order valence-corrected chi connectivity index (χ3v) is 10.1. The molecule has 0 atom stereocenters. The van der Waals surface area contributed by atoms with Crippen LogP contribution in [0.4, 0.5) is 5.69 Å². The van der Waals surface area contributed by atoms with Crippen LogP contribution >= 0.6 is 0 Å². The topological polar surface area (TPSA) is 66.7 Å². The Labute approximate surface area is 291 Å². The van der Waals surface area contributed by atoms with Gasteiger partial charge in [0.05, 0.1) is 62.9 Å². The molecule has 0 aliphatic carbocycles. The fourth-order valence-corrected chi connectivity index (χ4v) is 7.88. The van der Waals surface area contributed by atoms with Gasteiger partial charge in [0.15, 0.2) is 5.69 Å². The van der Waals surface area contributed by atoms with Crippen LogP contribution in [0, 0.1) is 29.2 Å². The van der Waals surface area contributed by atoms with Gasteiger partial charge in [-0.05, 0) is 102 Å². The van der Waals surface area contributed by atoms with E-state index in [1.54, 1.807) is 0 Å². The molecule has 0 radical (unpaired) electrons. The summed E-state index contributed by atoms with van der Waals surface area (Å²) < 4.78 is 6.83. The predicted molar refractivity (Wildman–Crippen MR) is 205 cm³/mol. The summed E-state index contributed by atoms with van der Waals surface area (Å²) in [6.45, 7) is 7.75. The van der Waals surface area contributed by atoms with Gasteiger partial charge in [-0.15, -0.1) is 0 Å². The number of benzene rings is 7. The fraction of sp³-hybridized carbons (Fsp3) is 0. The first-order chi connectivity index (χ1) is 25.1. The van der Waals surface area contributed by atoms with Gasteiger partial charge in [-0.2, -0.15) is 10.5 Å². The minimum atomic E-state index is 0.575. The monoisotopic (exact) mass is 648 g/mol. The molecule has 0 N–H and O–H groups in total. The van der Waals surface area contributed by atoms with Crippen LogP contribution in [0.2, 0.25) is 0 Å². The van der Waals surface area contributed by atoms with Gasteiger partial charge < -0.3 is 13.7 Å². The summed E-state index contributed by atoms with van der Waals surface area (Å²) in [7, 11) is 0. The first kappa shape index (κ1) is 28.4. The largest absolute Gasteiger partial charge is 0.309 e. The van der Waals surface area contributed by atoms with E-state index < -0.39 is 0 Å². The molecule has 0 spiro atoms. The number of aromatic nitrogens is 3. The van der Waals surface area contributed by atoms with Crippen molar-refractivity contribution < 1.29 is 0 Å². The number of fused-ring (bicyclic) bond motifs is 9. The van der Waals surface area contributed by atoms with Gasteiger partial charge in [0.2, 0.25) is 0 Å². The van der Waals surface area contributed by atoms with Crippen LogP contribution in [0.15, 0.2) is 146 Å². The van der Waals surface area contributed by atoms with Gasteiger partial charge >= 0.3 is 0 Å². The lowest BCUT2D eigenvalue weighted by atomic mass is 10.1. The van der Waals surface area contributed by atoms with Crippen LogP contribution in [-0.2, 0) is 0 Å². The second-order valence-corrected chi connectivity index (χ2v) is 12.8. The fourth-order valence-electron chi connectivity index (χ4n) is 7.88. The van der Waals surface area contributed by atoms with E-state index in [1.807, 2.05) is 54.6 Å². The van der Waals surface area contributed by atoms with E-state index in [-0.39, 0.29) is 0 Å². The molecule has 7 aromatic carbocycles. The third kappa shape index (κ3) is 4.07. The molecule has 0 saturated heterocycles. The highest BCUT2D eigenvalue weighted by Gasteiger charge is 2.20. The highest BCUT2D eigenvalue weighted by atomic mass is 15.0. The van der Waals surface area contributed by atoms with Gasteiger partial charge in [-0.25, -0.2) is 4.85 Å². The van der Waals surface area contributed by atoms with Crippen LogP contribution < -0.4 is 0 Å². The standard InChI is InChI=1S/C45H24N6/c1-48-30-16-19-43-37(22-30)39-25-44-38(24-45(39)49(43)31-8-3-2-4-9-31)34-12-5-6-13-40(34)51(44)33-11-7-10-32(23-33)50-41-17-14-28(26-46)20-35(41)36-21-29(27-47)15-18-42(36)50/h2-25H. The van der Waals surface area contributed by atoms with Crippen molar-refractivity contribution in [3.63, 3.8) is 0 Å². The van der Waals surface area contributed by atoms with Crippen LogP contribution in [0.25, 0.3) is 87.3 Å². The van der Waals surface area contributed by atoms with Crippen LogP contribution in [0.5, 0.6) is 0 Å². The first-order valence-electron chi connectivity index (χ1n) is 16.6. The quantitative estimate of drug-likeness (QED) is 0.179. The smallest absolute Gasteiger partial charge is 0.188 e. The summed E-state index contributed by atoms with van der Waals surface area (Å²) in [5.41, 5.74) is 11.0. The van der Waals surface area contributed by atoms with Crippen molar-refractivity contribution in [3.8, 4) is 29.2 Å². The van der Waals surface area contributed by atoms with Crippen molar-refractivity contribution in [2.75, 3.05) is 0 Å². The Morgan fingerprint density at radius 2 is 0.863 bits per heavy atom. The Morgan fingerprint density at radius 1 is 0.392 bits per heavy atom. The van der Waals surface area contributed by atoms with Crippen LogP contribution in [-0.4, -0.2) is 13.7 Å². The minimum Gasteiger partial charge on any atom is -0.309 e. The lowest BCUT2D eigenvalue weighted by Crippen LogP contribution is -1.98. The minimum absolute atomic E-state index is 0.575. The predicted octanol–water partition coefficient (Wildman–Crippen LogP) is 11.3. The second-order valence-electron chi connectivity index (χ2n) is 12.8. The van der Waals surface area contributed by atoms with E-state index in [9.17, 15) is 10.5 Å². The van der Waals surface area contributed by atoms with E-state index in [0.717, 1.165) is 82.5 Å². The van der Waals surface area contributed by atoms with Crippen molar-refractivity contribution in [2.24, 2.45) is 0 Å². The number of rotatable bonds is 3. The maximum Gasteiger partial charge on any atom is 0.188 e. The van der Waals surface area contributed by atoms with E-state index in [4.69, 9.17) is 6.57 Å². The van der Waals surface area contributed by atoms with Crippen LogP contribution in [0.3, 0.4) is 0 Å². The molecule has 0 fully saturated rings. The van der Waals surface area contributed by atoms with Gasteiger partial charge in [0.25, 0.3) is 0 Å². The van der Waals surface area contributed by atoms with E-state index >= 15 is 0 Å². The molecule has 0 aliphatic rings. The molecule has 6 heteroatoms. The number of hydrogen-bond donors (Lipinski definition) is 0. The van der Waals surface area contributed by atoms with Gasteiger partial charge in [0, 0.05) is 44.0 Å². The Bertz CT molecular complexity index is 3150. The molecule has 6 nitrogen and oxygen atoms in total. The summed E-state index contributed by atoms with van der Waals surface area (Å²) >= 11 is 0. The van der Waals surface area contributed by atoms with Crippen LogP contribution in [0.1, 0.15) is 11.1 Å². The molecular formula is C45H24N6. The molecule has 10 aromatic rings. The van der Waals surface area contributed by atoms with Crippen molar-refractivity contribution in [1.29, 1.82) is 10.5 Å². The molecule has 0 amide bonds. The van der Waals surface area contributed by atoms with Crippen molar-refractivity contribution in [3.05, 3.63) is 168 Å². The zero-order valence-electron chi connectivity index (χ0n) is 27.0. The molecule has 234 valence electrons. The molecule has 0 bridgehead atoms.